The van der Waals surface area contributed by atoms with Gasteiger partial charge in [-0.1, -0.05) is 54.6 Å². The number of rotatable bonds is 12. The summed E-state index contributed by atoms with van der Waals surface area (Å²) in [7, 11) is 1.83. The van der Waals surface area contributed by atoms with Crippen LogP contribution < -0.4 is 9.47 Å². The minimum absolute atomic E-state index is 0.205. The Morgan fingerprint density at radius 1 is 1.00 bits per heavy atom. The second-order valence-corrected chi connectivity index (χ2v) is 9.60. The second kappa shape index (κ2) is 11.6. The average Bonchev–Trinajstić information content (AvgIpc) is 3.68. The number of halogens is 1. The Hall–Kier alpha value is -3.68. The number of benzene rings is 3. The largest absolute Gasteiger partial charge is 0.491 e. The van der Waals surface area contributed by atoms with Crippen molar-refractivity contribution in [2.24, 2.45) is 13.0 Å². The highest BCUT2D eigenvalue weighted by molar-refractivity contribution is 5.65. The Bertz CT molecular complexity index is 1290. The quantitative estimate of drug-likeness (QED) is 0.271. The monoisotopic (exact) mass is 501 g/mol. The lowest BCUT2D eigenvalue weighted by Gasteiger charge is -2.25. The van der Waals surface area contributed by atoms with E-state index in [2.05, 4.69) is 4.90 Å². The lowest BCUT2D eigenvalue weighted by atomic mass is 10.1. The molecule has 0 amide bonds. The third-order valence-electron chi connectivity index (χ3n) is 6.40. The van der Waals surface area contributed by atoms with Crippen LogP contribution in [0.1, 0.15) is 18.4 Å². The van der Waals surface area contributed by atoms with Crippen LogP contribution in [0.4, 0.5) is 4.39 Å². The van der Waals surface area contributed by atoms with E-state index in [9.17, 15) is 9.50 Å². The molecule has 37 heavy (non-hydrogen) atoms. The van der Waals surface area contributed by atoms with Crippen molar-refractivity contribution in [2.45, 2.75) is 25.5 Å². The number of aliphatic hydroxyl groups excluding tert-OH is 1. The molecule has 5 rings (SSSR count). The maximum Gasteiger partial charge on any atom is 0.222 e. The Balaban J connectivity index is 1.40. The zero-order valence-corrected chi connectivity index (χ0v) is 21.0. The van der Waals surface area contributed by atoms with Crippen LogP contribution in [0.3, 0.4) is 0 Å². The molecule has 1 atom stereocenters. The number of aromatic nitrogens is 2. The normalized spacial score (nSPS) is 14.1. The molecule has 1 fully saturated rings. The summed E-state index contributed by atoms with van der Waals surface area (Å²) in [5.41, 5.74) is 2.68. The van der Waals surface area contributed by atoms with Crippen LogP contribution in [-0.2, 0) is 13.6 Å². The van der Waals surface area contributed by atoms with Crippen LogP contribution in [0.25, 0.3) is 11.3 Å². The standard InChI is InChI=1S/C30H32FN3O3/c1-33-30(37-27-14-8-11-24(31)17-27)28(29(32-33)23-9-4-2-5-10-23)20-34(18-22-15-16-22)19-25(35)21-36-26-12-6-3-7-13-26/h2-14,17,22,25,35H,15-16,18-21H2,1H3/t25-/m0/s1. The van der Waals surface area contributed by atoms with Gasteiger partial charge in [-0.3, -0.25) is 4.90 Å². The molecule has 1 aliphatic carbocycles. The first-order chi connectivity index (χ1) is 18.0. The van der Waals surface area contributed by atoms with Crippen molar-refractivity contribution in [3.8, 4) is 28.6 Å². The van der Waals surface area contributed by atoms with Gasteiger partial charge in [0.25, 0.3) is 0 Å². The number of nitrogens with zero attached hydrogens (tertiary/aromatic N) is 3. The number of aliphatic hydroxyl groups is 1. The van der Waals surface area contributed by atoms with E-state index in [0.717, 1.165) is 29.1 Å². The van der Waals surface area contributed by atoms with Crippen LogP contribution in [0.15, 0.2) is 84.9 Å². The summed E-state index contributed by atoms with van der Waals surface area (Å²) in [6, 6.07) is 25.6. The molecule has 0 unspecified atom stereocenters. The first kappa shape index (κ1) is 25.0. The van der Waals surface area contributed by atoms with Crippen molar-refractivity contribution >= 4 is 0 Å². The zero-order valence-electron chi connectivity index (χ0n) is 21.0. The van der Waals surface area contributed by atoms with E-state index in [1.54, 1.807) is 16.8 Å². The van der Waals surface area contributed by atoms with Gasteiger partial charge in [0.2, 0.25) is 5.88 Å². The minimum Gasteiger partial charge on any atom is -0.491 e. The highest BCUT2D eigenvalue weighted by atomic mass is 19.1. The van der Waals surface area contributed by atoms with E-state index in [-0.39, 0.29) is 12.4 Å². The van der Waals surface area contributed by atoms with Gasteiger partial charge >= 0.3 is 0 Å². The van der Waals surface area contributed by atoms with Gasteiger partial charge < -0.3 is 14.6 Å². The topological polar surface area (TPSA) is 59.8 Å². The third kappa shape index (κ3) is 6.76. The van der Waals surface area contributed by atoms with Gasteiger partial charge in [-0.15, -0.1) is 0 Å². The molecule has 1 N–H and O–H groups in total. The predicted octanol–water partition coefficient (Wildman–Crippen LogP) is 5.67. The number of hydrogen-bond acceptors (Lipinski definition) is 5. The highest BCUT2D eigenvalue weighted by Crippen LogP contribution is 2.36. The molecule has 6 nitrogen and oxygen atoms in total. The summed E-state index contributed by atoms with van der Waals surface area (Å²) in [5, 5.41) is 15.6. The van der Waals surface area contributed by atoms with Gasteiger partial charge in [0.1, 0.15) is 35.7 Å². The summed E-state index contributed by atoms with van der Waals surface area (Å²) in [6.45, 7) is 2.05. The molecule has 1 heterocycles. The summed E-state index contributed by atoms with van der Waals surface area (Å²) < 4.78 is 27.6. The van der Waals surface area contributed by atoms with Gasteiger partial charge in [0.15, 0.2) is 0 Å². The van der Waals surface area contributed by atoms with E-state index in [1.165, 1.54) is 25.0 Å². The molecule has 0 aliphatic heterocycles. The summed E-state index contributed by atoms with van der Waals surface area (Å²) in [4.78, 5) is 2.25. The molecule has 4 aromatic rings. The first-order valence-electron chi connectivity index (χ1n) is 12.7. The number of para-hydroxylation sites is 1. The van der Waals surface area contributed by atoms with E-state index in [0.29, 0.717) is 30.6 Å². The van der Waals surface area contributed by atoms with Gasteiger partial charge in [0, 0.05) is 38.3 Å². The van der Waals surface area contributed by atoms with E-state index in [4.69, 9.17) is 14.6 Å². The summed E-state index contributed by atoms with van der Waals surface area (Å²) in [6.07, 6.45) is 1.72. The molecule has 0 spiro atoms. The van der Waals surface area contributed by atoms with Crippen molar-refractivity contribution in [3.05, 3.63) is 96.3 Å². The number of ether oxygens (including phenoxy) is 2. The molecule has 1 aliphatic rings. The summed E-state index contributed by atoms with van der Waals surface area (Å²) >= 11 is 0. The van der Waals surface area contributed by atoms with Crippen LogP contribution in [0.5, 0.6) is 17.4 Å². The zero-order chi connectivity index (χ0) is 25.6. The molecule has 0 bridgehead atoms. The van der Waals surface area contributed by atoms with Crippen molar-refractivity contribution in [3.63, 3.8) is 0 Å². The van der Waals surface area contributed by atoms with Crippen molar-refractivity contribution in [1.82, 2.24) is 14.7 Å². The fraction of sp³-hybridized carbons (Fsp3) is 0.300. The van der Waals surface area contributed by atoms with Crippen LogP contribution in [0.2, 0.25) is 0 Å². The molecular weight excluding hydrogens is 469 g/mol. The predicted molar refractivity (Wildman–Crippen MR) is 141 cm³/mol. The van der Waals surface area contributed by atoms with E-state index < -0.39 is 6.10 Å². The highest BCUT2D eigenvalue weighted by Gasteiger charge is 2.28. The Morgan fingerprint density at radius 2 is 1.70 bits per heavy atom. The van der Waals surface area contributed by atoms with Crippen molar-refractivity contribution in [1.29, 1.82) is 0 Å². The fourth-order valence-corrected chi connectivity index (χ4v) is 4.45. The van der Waals surface area contributed by atoms with Crippen LogP contribution in [0, 0.1) is 11.7 Å². The number of hydrogen-bond donors (Lipinski definition) is 1. The van der Waals surface area contributed by atoms with Gasteiger partial charge in [-0.2, -0.15) is 5.10 Å². The average molecular weight is 502 g/mol. The van der Waals surface area contributed by atoms with Gasteiger partial charge in [-0.25, -0.2) is 9.07 Å². The molecule has 1 aromatic heterocycles. The lowest BCUT2D eigenvalue weighted by Crippen LogP contribution is -2.36. The molecule has 3 aromatic carbocycles. The van der Waals surface area contributed by atoms with Gasteiger partial charge in [-0.05, 0) is 43.0 Å². The fourth-order valence-electron chi connectivity index (χ4n) is 4.45. The SMILES string of the molecule is Cn1nc(-c2ccccc2)c(CN(CC2CC2)C[C@H](O)COc2ccccc2)c1Oc1cccc(F)c1. The van der Waals surface area contributed by atoms with E-state index >= 15 is 0 Å². The maximum atomic E-state index is 13.9. The first-order valence-corrected chi connectivity index (χ1v) is 12.7. The van der Waals surface area contributed by atoms with Crippen molar-refractivity contribution < 1.29 is 19.0 Å². The molecule has 7 heteroatoms. The Kier molecular flexibility index (Phi) is 7.82. The number of aryl methyl sites for hydroxylation is 1. The van der Waals surface area contributed by atoms with E-state index in [1.807, 2.05) is 67.7 Å². The molecule has 192 valence electrons. The molecule has 0 radical (unpaired) electrons. The third-order valence-corrected chi connectivity index (χ3v) is 6.40. The second-order valence-electron chi connectivity index (χ2n) is 9.60. The molecular formula is C30H32FN3O3. The Labute approximate surface area is 216 Å². The minimum atomic E-state index is -0.664. The van der Waals surface area contributed by atoms with Gasteiger partial charge in [0.05, 0.1) is 5.56 Å². The molecule has 0 saturated heterocycles. The molecule has 1 saturated carbocycles. The van der Waals surface area contributed by atoms with Crippen molar-refractivity contribution in [2.75, 3.05) is 19.7 Å². The maximum absolute atomic E-state index is 13.9. The lowest BCUT2D eigenvalue weighted by molar-refractivity contribution is 0.0637. The summed E-state index contributed by atoms with van der Waals surface area (Å²) in [5.74, 6) is 1.96. The smallest absolute Gasteiger partial charge is 0.222 e. The Morgan fingerprint density at radius 3 is 2.41 bits per heavy atom. The van der Waals surface area contributed by atoms with Crippen LogP contribution >= 0.6 is 0 Å². The van der Waals surface area contributed by atoms with Crippen LogP contribution in [-0.4, -0.2) is 45.6 Å².